The predicted molar refractivity (Wildman–Crippen MR) is 71.1 cm³/mol. The summed E-state index contributed by atoms with van der Waals surface area (Å²) in [5.74, 6) is -0.180. The van der Waals surface area contributed by atoms with E-state index in [4.69, 9.17) is 0 Å². The fourth-order valence-corrected chi connectivity index (χ4v) is 3.77. The lowest BCUT2D eigenvalue weighted by Gasteiger charge is -2.12. The van der Waals surface area contributed by atoms with E-state index in [1.807, 2.05) is 0 Å². The van der Waals surface area contributed by atoms with Gasteiger partial charge in [0, 0.05) is 5.56 Å². The van der Waals surface area contributed by atoms with E-state index in [1.54, 1.807) is 19.9 Å². The Balaban J connectivity index is 2.74. The van der Waals surface area contributed by atoms with Crippen molar-refractivity contribution in [2.45, 2.75) is 23.6 Å². The Bertz CT molecular complexity index is 733. The van der Waals surface area contributed by atoms with Gasteiger partial charge in [-0.1, -0.05) is 12.1 Å². The number of phenolic OH excluding ortho intramolecular Hbond substituents is 2. The minimum atomic E-state index is -3.77. The van der Waals surface area contributed by atoms with Gasteiger partial charge in [0.15, 0.2) is 0 Å². The summed E-state index contributed by atoms with van der Waals surface area (Å²) >= 11 is 0. The highest BCUT2D eigenvalue weighted by Gasteiger charge is 2.23. The average Bonchev–Trinajstić information content (AvgIpc) is 2.34. The van der Waals surface area contributed by atoms with Crippen LogP contribution in [-0.4, -0.2) is 18.6 Å². The summed E-state index contributed by atoms with van der Waals surface area (Å²) in [5, 5.41) is 19.1. The van der Waals surface area contributed by atoms with Crippen LogP contribution >= 0.6 is 0 Å². The largest absolute Gasteiger partial charge is 0.508 e. The van der Waals surface area contributed by atoms with Crippen molar-refractivity contribution in [1.29, 1.82) is 0 Å². The Morgan fingerprint density at radius 2 is 1.68 bits per heavy atom. The van der Waals surface area contributed by atoms with Crippen LogP contribution in [0.1, 0.15) is 11.1 Å². The average molecular weight is 278 g/mol. The Morgan fingerprint density at radius 1 is 1.00 bits per heavy atom. The second-order valence-corrected chi connectivity index (χ2v) is 6.24. The summed E-state index contributed by atoms with van der Waals surface area (Å²) in [7, 11) is -3.77. The fourth-order valence-electron chi connectivity index (χ4n) is 2.00. The molecule has 0 fully saturated rings. The van der Waals surface area contributed by atoms with E-state index in [9.17, 15) is 18.6 Å². The first-order valence-electron chi connectivity index (χ1n) is 5.67. The molecule has 0 saturated carbocycles. The maximum atomic E-state index is 12.6. The molecule has 0 saturated heterocycles. The molecule has 2 aromatic rings. The first kappa shape index (κ1) is 13.4. The zero-order valence-corrected chi connectivity index (χ0v) is 11.4. The summed E-state index contributed by atoms with van der Waals surface area (Å²) in [4.78, 5) is 0.0856. The topological polar surface area (TPSA) is 74.6 Å². The van der Waals surface area contributed by atoms with Gasteiger partial charge < -0.3 is 10.2 Å². The first-order valence-corrected chi connectivity index (χ1v) is 7.15. The Labute approximate surface area is 111 Å². The van der Waals surface area contributed by atoms with Crippen molar-refractivity contribution in [3.63, 3.8) is 0 Å². The number of hydrogen-bond acceptors (Lipinski definition) is 4. The standard InChI is InChI=1S/C14H14O4S/c1-9-6-7-13(16)10(2)14(9)19(17,18)12-5-3-4-11(15)8-12/h3-8,15-16H,1-2H3. The smallest absolute Gasteiger partial charge is 0.207 e. The fraction of sp³-hybridized carbons (Fsp3) is 0.143. The third-order valence-corrected chi connectivity index (χ3v) is 5.01. The zero-order chi connectivity index (χ0) is 14.2. The summed E-state index contributed by atoms with van der Waals surface area (Å²) in [5.41, 5.74) is 0.863. The van der Waals surface area contributed by atoms with Gasteiger partial charge in [-0.2, -0.15) is 0 Å². The van der Waals surface area contributed by atoms with Crippen LogP contribution in [0.25, 0.3) is 0 Å². The third-order valence-electron chi connectivity index (χ3n) is 2.97. The second kappa shape index (κ2) is 4.59. The van der Waals surface area contributed by atoms with Crippen LogP contribution < -0.4 is 0 Å². The maximum absolute atomic E-state index is 12.6. The van der Waals surface area contributed by atoms with Gasteiger partial charge in [0.25, 0.3) is 0 Å². The number of benzene rings is 2. The number of rotatable bonds is 2. The Morgan fingerprint density at radius 3 is 2.32 bits per heavy atom. The highest BCUT2D eigenvalue weighted by Crippen LogP contribution is 2.32. The number of aryl methyl sites for hydroxylation is 1. The summed E-state index contributed by atoms with van der Waals surface area (Å²) in [6.45, 7) is 3.22. The molecule has 0 aliphatic heterocycles. The summed E-state index contributed by atoms with van der Waals surface area (Å²) < 4.78 is 25.1. The molecule has 0 atom stereocenters. The second-order valence-electron chi connectivity index (χ2n) is 4.36. The van der Waals surface area contributed by atoms with Crippen LogP contribution in [0.4, 0.5) is 0 Å². The molecule has 0 aliphatic rings. The molecule has 2 N–H and O–H groups in total. The molecular weight excluding hydrogens is 264 g/mol. The van der Waals surface area contributed by atoms with Crippen molar-refractivity contribution in [3.05, 3.63) is 47.5 Å². The van der Waals surface area contributed by atoms with E-state index in [0.29, 0.717) is 11.1 Å². The zero-order valence-electron chi connectivity index (χ0n) is 10.6. The molecule has 0 unspecified atom stereocenters. The Kier molecular flexibility index (Phi) is 3.24. The van der Waals surface area contributed by atoms with Gasteiger partial charge in [0.1, 0.15) is 11.5 Å². The highest BCUT2D eigenvalue weighted by molar-refractivity contribution is 7.91. The SMILES string of the molecule is Cc1ccc(O)c(C)c1S(=O)(=O)c1cccc(O)c1. The van der Waals surface area contributed by atoms with Crippen molar-refractivity contribution < 1.29 is 18.6 Å². The number of hydrogen-bond donors (Lipinski definition) is 2. The van der Waals surface area contributed by atoms with E-state index >= 15 is 0 Å². The highest BCUT2D eigenvalue weighted by atomic mass is 32.2. The molecule has 2 rings (SSSR count). The van der Waals surface area contributed by atoms with E-state index in [0.717, 1.165) is 0 Å². The van der Waals surface area contributed by atoms with E-state index in [1.165, 1.54) is 30.3 Å². The van der Waals surface area contributed by atoms with Gasteiger partial charge in [-0.25, -0.2) is 8.42 Å². The van der Waals surface area contributed by atoms with Crippen LogP contribution in [0.3, 0.4) is 0 Å². The molecule has 19 heavy (non-hydrogen) atoms. The maximum Gasteiger partial charge on any atom is 0.207 e. The van der Waals surface area contributed by atoms with Gasteiger partial charge in [-0.05, 0) is 43.7 Å². The Hall–Kier alpha value is -2.01. The lowest BCUT2D eigenvalue weighted by Crippen LogP contribution is -2.06. The molecule has 0 spiro atoms. The predicted octanol–water partition coefficient (Wildman–Crippen LogP) is 2.55. The van der Waals surface area contributed by atoms with Crippen LogP contribution in [0.5, 0.6) is 11.5 Å². The molecule has 0 aromatic heterocycles. The molecule has 100 valence electrons. The van der Waals surface area contributed by atoms with Crippen molar-refractivity contribution in [2.75, 3.05) is 0 Å². The van der Waals surface area contributed by atoms with Gasteiger partial charge in [-0.3, -0.25) is 0 Å². The van der Waals surface area contributed by atoms with Crippen molar-refractivity contribution in [1.82, 2.24) is 0 Å². The molecular formula is C14H14O4S. The molecule has 2 aromatic carbocycles. The van der Waals surface area contributed by atoms with Crippen LogP contribution in [0, 0.1) is 13.8 Å². The molecule has 0 amide bonds. The molecule has 5 heteroatoms. The van der Waals surface area contributed by atoms with Crippen LogP contribution in [0.15, 0.2) is 46.2 Å². The summed E-state index contributed by atoms with van der Waals surface area (Å²) in [6.07, 6.45) is 0. The lowest BCUT2D eigenvalue weighted by atomic mass is 10.1. The van der Waals surface area contributed by atoms with E-state index in [2.05, 4.69) is 0 Å². The molecule has 0 bridgehead atoms. The van der Waals surface area contributed by atoms with Crippen LogP contribution in [-0.2, 0) is 9.84 Å². The van der Waals surface area contributed by atoms with Gasteiger partial charge in [0.2, 0.25) is 9.84 Å². The molecule has 0 radical (unpaired) electrons. The van der Waals surface area contributed by atoms with Gasteiger partial charge >= 0.3 is 0 Å². The van der Waals surface area contributed by atoms with E-state index in [-0.39, 0.29) is 21.3 Å². The molecule has 0 heterocycles. The van der Waals surface area contributed by atoms with E-state index < -0.39 is 9.84 Å². The first-order chi connectivity index (χ1) is 8.84. The van der Waals surface area contributed by atoms with Crippen LogP contribution in [0.2, 0.25) is 0 Å². The van der Waals surface area contributed by atoms with Gasteiger partial charge in [0.05, 0.1) is 9.79 Å². The number of aromatic hydroxyl groups is 2. The minimum Gasteiger partial charge on any atom is -0.508 e. The monoisotopic (exact) mass is 278 g/mol. The number of phenols is 2. The normalized spacial score (nSPS) is 11.5. The molecule has 4 nitrogen and oxygen atoms in total. The lowest BCUT2D eigenvalue weighted by molar-refractivity contribution is 0.468. The summed E-state index contributed by atoms with van der Waals surface area (Å²) in [6, 6.07) is 8.50. The quantitative estimate of drug-likeness (QED) is 0.885. The van der Waals surface area contributed by atoms with Gasteiger partial charge in [-0.15, -0.1) is 0 Å². The van der Waals surface area contributed by atoms with Crippen molar-refractivity contribution in [2.24, 2.45) is 0 Å². The number of sulfone groups is 1. The third kappa shape index (κ3) is 2.29. The minimum absolute atomic E-state index is 0.00398. The molecule has 0 aliphatic carbocycles. The van der Waals surface area contributed by atoms with Crippen molar-refractivity contribution >= 4 is 9.84 Å². The van der Waals surface area contributed by atoms with Crippen molar-refractivity contribution in [3.8, 4) is 11.5 Å².